The van der Waals surface area contributed by atoms with Crippen molar-refractivity contribution in [2.75, 3.05) is 25.1 Å². The number of rotatable bonds is 12. The predicted molar refractivity (Wildman–Crippen MR) is 129 cm³/mol. The topological polar surface area (TPSA) is 83.1 Å². The van der Waals surface area contributed by atoms with Crippen LogP contribution in [0.2, 0.25) is 0 Å². The van der Waals surface area contributed by atoms with Crippen LogP contribution in [-0.4, -0.2) is 31.7 Å². The molecule has 0 aromatic heterocycles. The minimum Gasteiger partial charge on any atom is -0.494 e. The summed E-state index contributed by atoms with van der Waals surface area (Å²) in [6, 6.07) is 23.1. The second-order valence-electron chi connectivity index (χ2n) is 7.20. The van der Waals surface area contributed by atoms with Crippen LogP contribution >= 0.6 is 0 Å². The Bertz CT molecular complexity index is 1050. The molecule has 0 saturated carbocycles. The highest BCUT2D eigenvalue weighted by atomic mass is 16.6. The fraction of sp³-hybridized carbons (Fsp3) is 0.259. The van der Waals surface area contributed by atoms with Crippen molar-refractivity contribution in [1.82, 2.24) is 0 Å². The molecule has 0 aliphatic heterocycles. The van der Waals surface area contributed by atoms with Crippen LogP contribution in [0.15, 0.2) is 78.9 Å². The van der Waals surface area contributed by atoms with Gasteiger partial charge in [0.25, 0.3) is 5.91 Å². The van der Waals surface area contributed by atoms with Crippen molar-refractivity contribution in [1.29, 1.82) is 0 Å². The molecule has 0 radical (unpaired) electrons. The van der Waals surface area contributed by atoms with E-state index in [4.69, 9.17) is 18.9 Å². The number of anilines is 1. The van der Waals surface area contributed by atoms with E-state index < -0.39 is 18.0 Å². The third kappa shape index (κ3) is 7.27. The van der Waals surface area contributed by atoms with Gasteiger partial charge in [-0.3, -0.25) is 9.59 Å². The molecule has 1 atom stereocenters. The first kappa shape index (κ1) is 24.6. The third-order valence-electron chi connectivity index (χ3n) is 4.74. The van der Waals surface area contributed by atoms with Crippen molar-refractivity contribution in [3.05, 3.63) is 84.4 Å². The Balaban J connectivity index is 1.62. The lowest BCUT2D eigenvalue weighted by Crippen LogP contribution is -2.26. The van der Waals surface area contributed by atoms with E-state index in [-0.39, 0.29) is 13.0 Å². The van der Waals surface area contributed by atoms with Crippen molar-refractivity contribution in [2.24, 2.45) is 0 Å². The first-order valence-corrected chi connectivity index (χ1v) is 11.2. The van der Waals surface area contributed by atoms with Gasteiger partial charge >= 0.3 is 5.97 Å². The van der Waals surface area contributed by atoms with Crippen molar-refractivity contribution in [3.63, 3.8) is 0 Å². The Morgan fingerprint density at radius 2 is 1.38 bits per heavy atom. The molecule has 1 unspecified atom stereocenters. The van der Waals surface area contributed by atoms with Gasteiger partial charge in [0.05, 0.1) is 31.9 Å². The van der Waals surface area contributed by atoms with Gasteiger partial charge < -0.3 is 24.3 Å². The Kier molecular flexibility index (Phi) is 9.34. The van der Waals surface area contributed by atoms with Crippen molar-refractivity contribution in [2.45, 2.75) is 26.4 Å². The molecule has 3 rings (SSSR count). The smallest absolute Gasteiger partial charge is 0.310 e. The number of nitrogens with one attached hydrogen (secondary N) is 1. The second-order valence-corrected chi connectivity index (χ2v) is 7.20. The summed E-state index contributed by atoms with van der Waals surface area (Å²) in [7, 11) is 0. The van der Waals surface area contributed by atoms with Crippen LogP contribution in [0.25, 0.3) is 0 Å². The van der Waals surface area contributed by atoms with E-state index >= 15 is 0 Å². The number of hydrogen-bond acceptors (Lipinski definition) is 6. The lowest BCUT2D eigenvalue weighted by Gasteiger charge is -2.19. The zero-order chi connectivity index (χ0) is 24.2. The normalized spacial score (nSPS) is 11.2. The summed E-state index contributed by atoms with van der Waals surface area (Å²) in [6.45, 7) is 4.93. The highest BCUT2D eigenvalue weighted by Gasteiger charge is 2.26. The average molecular weight is 464 g/mol. The van der Waals surface area contributed by atoms with Gasteiger partial charge in [-0.25, -0.2) is 0 Å². The molecular weight excluding hydrogens is 434 g/mol. The zero-order valence-corrected chi connectivity index (χ0v) is 19.4. The molecule has 0 bridgehead atoms. The number of amides is 1. The molecule has 1 N–H and O–H groups in total. The standard InChI is InChI=1S/C27H29NO6/c1-3-31-21-14-16-22(17-15-21)33-19-18-25(29)34-26(20-10-6-5-7-11-20)27(30)28-23-12-8-9-13-24(23)32-4-2/h5-17,26H,3-4,18-19H2,1-2H3,(H,28,30). The quantitative estimate of drug-likeness (QED) is 0.373. The van der Waals surface area contributed by atoms with E-state index in [0.717, 1.165) is 5.75 Å². The number of esters is 1. The molecule has 1 amide bonds. The van der Waals surface area contributed by atoms with Crippen molar-refractivity contribution < 1.29 is 28.5 Å². The fourth-order valence-corrected chi connectivity index (χ4v) is 3.19. The summed E-state index contributed by atoms with van der Waals surface area (Å²) in [5.41, 5.74) is 1.07. The highest BCUT2D eigenvalue weighted by molar-refractivity contribution is 5.97. The van der Waals surface area contributed by atoms with Crippen molar-refractivity contribution in [3.8, 4) is 17.2 Å². The van der Waals surface area contributed by atoms with Gasteiger partial charge in [-0.15, -0.1) is 0 Å². The summed E-state index contributed by atoms with van der Waals surface area (Å²) >= 11 is 0. The lowest BCUT2D eigenvalue weighted by atomic mass is 10.1. The fourth-order valence-electron chi connectivity index (χ4n) is 3.19. The molecule has 0 aliphatic rings. The van der Waals surface area contributed by atoms with E-state index in [9.17, 15) is 9.59 Å². The van der Waals surface area contributed by atoms with Crippen LogP contribution in [0, 0.1) is 0 Å². The number of ether oxygens (including phenoxy) is 4. The average Bonchev–Trinajstić information content (AvgIpc) is 2.85. The minimum absolute atomic E-state index is 0.0145. The number of para-hydroxylation sites is 2. The summed E-state index contributed by atoms with van der Waals surface area (Å²) in [6.07, 6.45) is -1.13. The van der Waals surface area contributed by atoms with Gasteiger partial charge in [-0.1, -0.05) is 42.5 Å². The number of hydrogen-bond donors (Lipinski definition) is 1. The lowest BCUT2D eigenvalue weighted by molar-refractivity contribution is -0.155. The SMILES string of the molecule is CCOc1ccc(OCCC(=O)OC(C(=O)Nc2ccccc2OCC)c2ccccc2)cc1. The van der Waals surface area contributed by atoms with E-state index in [1.165, 1.54) is 0 Å². The molecule has 0 spiro atoms. The van der Waals surface area contributed by atoms with E-state index in [1.807, 2.05) is 26.0 Å². The monoisotopic (exact) mass is 463 g/mol. The zero-order valence-electron chi connectivity index (χ0n) is 19.4. The van der Waals surface area contributed by atoms with Crippen LogP contribution in [-0.2, 0) is 14.3 Å². The molecule has 7 nitrogen and oxygen atoms in total. The van der Waals surface area contributed by atoms with E-state index in [2.05, 4.69) is 5.32 Å². The minimum atomic E-state index is -1.12. The number of carbonyl (C=O) groups is 2. The number of carbonyl (C=O) groups excluding carboxylic acids is 2. The maximum Gasteiger partial charge on any atom is 0.310 e. The molecule has 0 fully saturated rings. The summed E-state index contributed by atoms with van der Waals surface area (Å²) in [5.74, 6) is 0.880. The molecule has 0 saturated heterocycles. The molecule has 3 aromatic carbocycles. The number of benzene rings is 3. The van der Waals surface area contributed by atoms with E-state index in [1.54, 1.807) is 66.7 Å². The Morgan fingerprint density at radius 3 is 2.06 bits per heavy atom. The maximum absolute atomic E-state index is 13.1. The molecule has 0 aliphatic carbocycles. The van der Waals surface area contributed by atoms with Gasteiger partial charge in [0.1, 0.15) is 17.2 Å². The van der Waals surface area contributed by atoms with Gasteiger partial charge in [0, 0.05) is 5.56 Å². The van der Waals surface area contributed by atoms with E-state index in [0.29, 0.717) is 36.0 Å². The maximum atomic E-state index is 13.1. The molecular formula is C27H29NO6. The highest BCUT2D eigenvalue weighted by Crippen LogP contribution is 2.27. The second kappa shape index (κ2) is 12.9. The van der Waals surface area contributed by atoms with Gasteiger partial charge in [-0.2, -0.15) is 0 Å². The van der Waals surface area contributed by atoms with Crippen LogP contribution in [0.3, 0.4) is 0 Å². The van der Waals surface area contributed by atoms with Crippen LogP contribution in [0.4, 0.5) is 5.69 Å². The van der Waals surface area contributed by atoms with Gasteiger partial charge in [0.2, 0.25) is 6.10 Å². The molecule has 0 heterocycles. The summed E-state index contributed by atoms with van der Waals surface area (Å²) in [5, 5.41) is 2.81. The predicted octanol–water partition coefficient (Wildman–Crippen LogP) is 5.18. The van der Waals surface area contributed by atoms with Crippen LogP contribution in [0.1, 0.15) is 31.9 Å². The molecule has 34 heavy (non-hydrogen) atoms. The Labute approximate surface area is 199 Å². The first-order chi connectivity index (χ1) is 16.6. The molecule has 178 valence electrons. The first-order valence-electron chi connectivity index (χ1n) is 11.2. The Morgan fingerprint density at radius 1 is 0.765 bits per heavy atom. The van der Waals surface area contributed by atoms with Gasteiger partial charge in [0.15, 0.2) is 0 Å². The third-order valence-corrected chi connectivity index (χ3v) is 4.74. The summed E-state index contributed by atoms with van der Waals surface area (Å²) in [4.78, 5) is 25.7. The molecule has 3 aromatic rings. The molecule has 7 heteroatoms. The largest absolute Gasteiger partial charge is 0.494 e. The van der Waals surface area contributed by atoms with Gasteiger partial charge in [-0.05, 0) is 50.2 Å². The van der Waals surface area contributed by atoms with Crippen molar-refractivity contribution >= 4 is 17.6 Å². The van der Waals surface area contributed by atoms with Crippen LogP contribution in [0.5, 0.6) is 17.2 Å². The van der Waals surface area contributed by atoms with Crippen LogP contribution < -0.4 is 19.5 Å². The Hall–Kier alpha value is -4.00. The summed E-state index contributed by atoms with van der Waals surface area (Å²) < 4.78 is 22.2.